The summed E-state index contributed by atoms with van der Waals surface area (Å²) >= 11 is 6.01. The van der Waals surface area contributed by atoms with Crippen LogP contribution in [0.1, 0.15) is 42.7 Å². The largest absolute Gasteiger partial charge is 0.207 e. The number of alkyl halides is 1. The number of hydrogen-bond acceptors (Lipinski definition) is 0. The molecule has 1 rings (SSSR count). The molecule has 1 unspecified atom stereocenters. The molecule has 0 saturated carbocycles. The van der Waals surface area contributed by atoms with Crippen molar-refractivity contribution in [2.24, 2.45) is 0 Å². The summed E-state index contributed by atoms with van der Waals surface area (Å²) in [7, 11) is 0. The minimum absolute atomic E-state index is 0.271. The first-order chi connectivity index (χ1) is 7.06. The number of aryl methyl sites for hydroxylation is 1. The Kier molecular flexibility index (Phi) is 4.52. The second kappa shape index (κ2) is 5.45. The van der Waals surface area contributed by atoms with Crippen LogP contribution >= 0.6 is 11.6 Å². The van der Waals surface area contributed by atoms with Crippen LogP contribution in [0.15, 0.2) is 12.1 Å². The molecule has 0 bridgehead atoms. The minimum atomic E-state index is -0.431. The molecular formula is C12H15ClF2. The van der Waals surface area contributed by atoms with E-state index in [0.29, 0.717) is 12.0 Å². The van der Waals surface area contributed by atoms with E-state index in [9.17, 15) is 8.78 Å². The molecule has 15 heavy (non-hydrogen) atoms. The summed E-state index contributed by atoms with van der Waals surface area (Å²) in [5, 5.41) is -0.431. The third-order valence-electron chi connectivity index (χ3n) is 2.43. The minimum Gasteiger partial charge on any atom is -0.207 e. The molecule has 0 amide bonds. The van der Waals surface area contributed by atoms with Gasteiger partial charge in [0.05, 0.1) is 5.38 Å². The van der Waals surface area contributed by atoms with Crippen molar-refractivity contribution in [3.8, 4) is 0 Å². The van der Waals surface area contributed by atoms with Gasteiger partial charge in [-0.1, -0.05) is 19.8 Å². The average Bonchev–Trinajstić information content (AvgIpc) is 2.20. The van der Waals surface area contributed by atoms with Crippen LogP contribution in [0.4, 0.5) is 8.78 Å². The predicted molar refractivity (Wildman–Crippen MR) is 59.2 cm³/mol. The first-order valence-electron chi connectivity index (χ1n) is 5.15. The quantitative estimate of drug-likeness (QED) is 0.658. The molecule has 0 aliphatic heterocycles. The van der Waals surface area contributed by atoms with E-state index in [2.05, 4.69) is 0 Å². The van der Waals surface area contributed by atoms with Crippen LogP contribution in [0.3, 0.4) is 0 Å². The van der Waals surface area contributed by atoms with E-state index in [1.54, 1.807) is 0 Å². The smallest absolute Gasteiger partial charge is 0.128 e. The molecule has 1 aromatic carbocycles. The van der Waals surface area contributed by atoms with Gasteiger partial charge in [-0.05, 0) is 31.0 Å². The van der Waals surface area contributed by atoms with Gasteiger partial charge in [-0.3, -0.25) is 0 Å². The number of rotatable bonds is 4. The zero-order chi connectivity index (χ0) is 11.4. The highest BCUT2D eigenvalue weighted by molar-refractivity contribution is 6.20. The second-order valence-corrected chi connectivity index (χ2v) is 4.26. The summed E-state index contributed by atoms with van der Waals surface area (Å²) < 4.78 is 26.7. The molecule has 0 saturated heterocycles. The van der Waals surface area contributed by atoms with Crippen LogP contribution in [0.5, 0.6) is 0 Å². The van der Waals surface area contributed by atoms with Gasteiger partial charge in [0.1, 0.15) is 11.6 Å². The Morgan fingerprint density at radius 1 is 1.27 bits per heavy atom. The van der Waals surface area contributed by atoms with E-state index in [-0.39, 0.29) is 5.56 Å². The van der Waals surface area contributed by atoms with Crippen molar-refractivity contribution < 1.29 is 8.78 Å². The maximum Gasteiger partial charge on any atom is 0.128 e. The fourth-order valence-corrected chi connectivity index (χ4v) is 1.76. The van der Waals surface area contributed by atoms with Gasteiger partial charge in [0.2, 0.25) is 0 Å². The van der Waals surface area contributed by atoms with Crippen LogP contribution in [0.2, 0.25) is 0 Å². The first kappa shape index (κ1) is 12.4. The number of benzene rings is 1. The van der Waals surface area contributed by atoms with Crippen molar-refractivity contribution in [2.75, 3.05) is 0 Å². The third kappa shape index (κ3) is 3.16. The van der Waals surface area contributed by atoms with Crippen LogP contribution in [0, 0.1) is 18.6 Å². The Morgan fingerprint density at radius 3 is 2.53 bits per heavy atom. The molecular weight excluding hydrogens is 218 g/mol. The fourth-order valence-electron chi connectivity index (χ4n) is 1.44. The molecule has 84 valence electrons. The Hall–Kier alpha value is -0.630. The normalized spacial score (nSPS) is 12.9. The molecule has 1 atom stereocenters. The molecule has 0 nitrogen and oxygen atoms in total. The molecule has 0 spiro atoms. The van der Waals surface area contributed by atoms with Crippen LogP contribution in [0.25, 0.3) is 0 Å². The lowest BCUT2D eigenvalue weighted by atomic mass is 10.0. The Labute approximate surface area is 94.3 Å². The van der Waals surface area contributed by atoms with Crippen LogP contribution < -0.4 is 0 Å². The number of unbranched alkanes of at least 4 members (excludes halogenated alkanes) is 1. The Morgan fingerprint density at radius 2 is 1.93 bits per heavy atom. The van der Waals surface area contributed by atoms with E-state index >= 15 is 0 Å². The molecule has 1 aromatic rings. The molecule has 0 fully saturated rings. The predicted octanol–water partition coefficient (Wildman–Crippen LogP) is 4.74. The van der Waals surface area contributed by atoms with Gasteiger partial charge in [-0.25, -0.2) is 8.78 Å². The zero-order valence-corrected chi connectivity index (χ0v) is 9.74. The van der Waals surface area contributed by atoms with Crippen molar-refractivity contribution in [1.82, 2.24) is 0 Å². The summed E-state index contributed by atoms with van der Waals surface area (Å²) in [6, 6.07) is 2.41. The van der Waals surface area contributed by atoms with E-state index in [1.165, 1.54) is 19.1 Å². The molecule has 0 aliphatic rings. The molecule has 0 radical (unpaired) electrons. The van der Waals surface area contributed by atoms with E-state index in [1.807, 2.05) is 6.92 Å². The van der Waals surface area contributed by atoms with Crippen molar-refractivity contribution in [3.63, 3.8) is 0 Å². The van der Waals surface area contributed by atoms with Gasteiger partial charge in [0.15, 0.2) is 0 Å². The van der Waals surface area contributed by atoms with Crippen molar-refractivity contribution in [1.29, 1.82) is 0 Å². The van der Waals surface area contributed by atoms with Crippen molar-refractivity contribution in [2.45, 2.75) is 38.5 Å². The SMILES string of the molecule is CCCCC(Cl)c1cc(F)c(C)cc1F. The monoisotopic (exact) mass is 232 g/mol. The third-order valence-corrected chi connectivity index (χ3v) is 2.88. The first-order valence-corrected chi connectivity index (χ1v) is 5.59. The van der Waals surface area contributed by atoms with Gasteiger partial charge in [-0.15, -0.1) is 11.6 Å². The average molecular weight is 233 g/mol. The lowest BCUT2D eigenvalue weighted by molar-refractivity contribution is 0.567. The molecule has 0 aromatic heterocycles. The highest BCUT2D eigenvalue weighted by Gasteiger charge is 2.14. The lowest BCUT2D eigenvalue weighted by Gasteiger charge is -2.11. The topological polar surface area (TPSA) is 0 Å². The van der Waals surface area contributed by atoms with Crippen LogP contribution in [-0.4, -0.2) is 0 Å². The highest BCUT2D eigenvalue weighted by Crippen LogP contribution is 2.29. The summed E-state index contributed by atoms with van der Waals surface area (Å²) in [5.74, 6) is -0.807. The number of hydrogen-bond donors (Lipinski definition) is 0. The summed E-state index contributed by atoms with van der Waals surface area (Å²) in [4.78, 5) is 0. The molecule has 0 aliphatic carbocycles. The summed E-state index contributed by atoms with van der Waals surface area (Å²) in [6.45, 7) is 3.58. The van der Waals surface area contributed by atoms with Crippen molar-refractivity contribution >= 4 is 11.6 Å². The standard InChI is InChI=1S/C12H15ClF2/c1-3-4-5-10(13)9-7-11(14)8(2)6-12(9)15/h6-7,10H,3-5H2,1-2H3. The lowest BCUT2D eigenvalue weighted by Crippen LogP contribution is -1.98. The molecule has 0 N–H and O–H groups in total. The van der Waals surface area contributed by atoms with Gasteiger partial charge in [-0.2, -0.15) is 0 Å². The van der Waals surface area contributed by atoms with Gasteiger partial charge in [0.25, 0.3) is 0 Å². The van der Waals surface area contributed by atoms with Gasteiger partial charge < -0.3 is 0 Å². The summed E-state index contributed by atoms with van der Waals surface area (Å²) in [6.07, 6.45) is 2.60. The van der Waals surface area contributed by atoms with E-state index in [4.69, 9.17) is 11.6 Å². The van der Waals surface area contributed by atoms with E-state index in [0.717, 1.165) is 12.8 Å². The second-order valence-electron chi connectivity index (χ2n) is 3.73. The Balaban J connectivity index is 2.88. The van der Waals surface area contributed by atoms with Crippen molar-refractivity contribution in [3.05, 3.63) is 34.9 Å². The van der Waals surface area contributed by atoms with Gasteiger partial charge in [0, 0.05) is 5.56 Å². The molecule has 0 heterocycles. The Bertz CT molecular complexity index is 337. The maximum atomic E-state index is 13.5. The fraction of sp³-hybridized carbons (Fsp3) is 0.500. The van der Waals surface area contributed by atoms with E-state index < -0.39 is 17.0 Å². The highest BCUT2D eigenvalue weighted by atomic mass is 35.5. The molecule has 3 heteroatoms. The zero-order valence-electron chi connectivity index (χ0n) is 8.99. The summed E-state index contributed by atoms with van der Waals surface area (Å²) in [5.41, 5.74) is 0.587. The maximum absolute atomic E-state index is 13.5. The number of halogens is 3. The van der Waals surface area contributed by atoms with Crippen LogP contribution in [-0.2, 0) is 0 Å². The van der Waals surface area contributed by atoms with Gasteiger partial charge >= 0.3 is 0 Å².